The fourth-order valence-electron chi connectivity index (χ4n) is 3.36. The Morgan fingerprint density at radius 2 is 1.88 bits per heavy atom. The second-order valence-electron chi connectivity index (χ2n) is 6.58. The van der Waals surface area contributed by atoms with Crippen molar-refractivity contribution in [2.75, 3.05) is 50.9 Å². The maximum atomic E-state index is 12.7. The summed E-state index contributed by atoms with van der Waals surface area (Å²) in [7, 11) is 0. The zero-order chi connectivity index (χ0) is 18.5. The van der Waals surface area contributed by atoms with Gasteiger partial charge in [0, 0.05) is 32.2 Å². The van der Waals surface area contributed by atoms with Crippen LogP contribution in [0.2, 0.25) is 0 Å². The first-order valence-corrected chi connectivity index (χ1v) is 9.22. The van der Waals surface area contributed by atoms with Crippen LogP contribution in [0.15, 0.2) is 6.07 Å². The van der Waals surface area contributed by atoms with Gasteiger partial charge in [0.2, 0.25) is 0 Å². The van der Waals surface area contributed by atoms with E-state index in [9.17, 15) is 9.59 Å². The Hall–Kier alpha value is -2.22. The van der Waals surface area contributed by atoms with Gasteiger partial charge in [-0.3, -0.25) is 9.59 Å². The number of piperidine rings is 1. The van der Waals surface area contributed by atoms with Gasteiger partial charge in [0.15, 0.2) is 0 Å². The highest BCUT2D eigenvalue weighted by atomic mass is 16.5. The molecule has 142 valence electrons. The minimum Gasteiger partial charge on any atom is -0.466 e. The van der Waals surface area contributed by atoms with Gasteiger partial charge >= 0.3 is 5.97 Å². The largest absolute Gasteiger partial charge is 0.466 e. The van der Waals surface area contributed by atoms with Crippen LogP contribution >= 0.6 is 0 Å². The van der Waals surface area contributed by atoms with E-state index >= 15 is 0 Å². The van der Waals surface area contributed by atoms with E-state index in [2.05, 4.69) is 14.9 Å². The molecule has 0 unspecified atom stereocenters. The second-order valence-corrected chi connectivity index (χ2v) is 6.58. The molecule has 0 aliphatic carbocycles. The van der Waals surface area contributed by atoms with Crippen molar-refractivity contribution in [3.63, 3.8) is 0 Å². The fraction of sp³-hybridized carbons (Fsp3) is 0.667. The summed E-state index contributed by atoms with van der Waals surface area (Å²) in [5.41, 5.74) is 0.418. The van der Waals surface area contributed by atoms with Crippen LogP contribution in [0.25, 0.3) is 0 Å². The molecular formula is C18H26N4O4. The van der Waals surface area contributed by atoms with E-state index in [4.69, 9.17) is 9.47 Å². The molecule has 0 radical (unpaired) electrons. The monoisotopic (exact) mass is 362 g/mol. The third-order valence-electron chi connectivity index (χ3n) is 4.78. The lowest BCUT2D eigenvalue weighted by Gasteiger charge is -2.32. The lowest BCUT2D eigenvalue weighted by Crippen LogP contribution is -2.41. The molecule has 26 heavy (non-hydrogen) atoms. The molecule has 1 aromatic rings. The molecule has 0 N–H and O–H groups in total. The number of aryl methyl sites for hydroxylation is 1. The first-order chi connectivity index (χ1) is 12.6. The molecule has 0 saturated carbocycles. The summed E-state index contributed by atoms with van der Waals surface area (Å²) in [6.45, 7) is 7.75. The summed E-state index contributed by atoms with van der Waals surface area (Å²) in [5, 5.41) is 0. The summed E-state index contributed by atoms with van der Waals surface area (Å²) in [4.78, 5) is 37.3. The summed E-state index contributed by atoms with van der Waals surface area (Å²) in [5.74, 6) is 1.07. The molecule has 0 atom stereocenters. The van der Waals surface area contributed by atoms with Crippen molar-refractivity contribution in [3.8, 4) is 0 Å². The highest BCUT2D eigenvalue weighted by molar-refractivity contribution is 5.93. The van der Waals surface area contributed by atoms with Gasteiger partial charge in [0.05, 0.1) is 25.7 Å². The average Bonchev–Trinajstić information content (AvgIpc) is 2.68. The van der Waals surface area contributed by atoms with Gasteiger partial charge < -0.3 is 19.3 Å². The minimum absolute atomic E-state index is 0.0522. The number of esters is 1. The number of hydrogen-bond acceptors (Lipinski definition) is 7. The predicted octanol–water partition coefficient (Wildman–Crippen LogP) is 1.04. The molecule has 2 saturated heterocycles. The van der Waals surface area contributed by atoms with Gasteiger partial charge in [-0.1, -0.05) is 0 Å². The molecule has 2 aliphatic heterocycles. The van der Waals surface area contributed by atoms with E-state index in [-0.39, 0.29) is 17.8 Å². The number of carbonyl (C=O) groups excluding carboxylic acids is 2. The molecule has 0 spiro atoms. The Morgan fingerprint density at radius 1 is 1.19 bits per heavy atom. The summed E-state index contributed by atoms with van der Waals surface area (Å²) >= 11 is 0. The average molecular weight is 362 g/mol. The van der Waals surface area contributed by atoms with Crippen LogP contribution in [0.5, 0.6) is 0 Å². The van der Waals surface area contributed by atoms with E-state index in [0.717, 1.165) is 18.7 Å². The fourth-order valence-corrected chi connectivity index (χ4v) is 3.36. The number of nitrogens with zero attached hydrogens (tertiary/aromatic N) is 4. The van der Waals surface area contributed by atoms with E-state index in [1.54, 1.807) is 17.9 Å². The first kappa shape index (κ1) is 18.6. The summed E-state index contributed by atoms with van der Waals surface area (Å²) in [6, 6.07) is 1.76. The summed E-state index contributed by atoms with van der Waals surface area (Å²) in [6.07, 6.45) is 1.46. The van der Waals surface area contributed by atoms with E-state index in [1.165, 1.54) is 0 Å². The molecule has 0 aromatic carbocycles. The molecular weight excluding hydrogens is 336 g/mol. The first-order valence-electron chi connectivity index (χ1n) is 9.22. The quantitative estimate of drug-likeness (QED) is 0.740. The topological polar surface area (TPSA) is 84.9 Å². The molecule has 1 aromatic heterocycles. The van der Waals surface area contributed by atoms with Crippen LogP contribution < -0.4 is 4.90 Å². The van der Waals surface area contributed by atoms with Crippen molar-refractivity contribution in [3.05, 3.63) is 17.6 Å². The maximum absolute atomic E-state index is 12.7. The third kappa shape index (κ3) is 4.30. The lowest BCUT2D eigenvalue weighted by atomic mass is 9.97. The van der Waals surface area contributed by atoms with Crippen LogP contribution in [0.3, 0.4) is 0 Å². The number of anilines is 1. The number of morpholine rings is 1. The maximum Gasteiger partial charge on any atom is 0.309 e. The van der Waals surface area contributed by atoms with Gasteiger partial charge in [-0.2, -0.15) is 0 Å². The van der Waals surface area contributed by atoms with Crippen LogP contribution in [-0.2, 0) is 14.3 Å². The Balaban J connectivity index is 1.68. The predicted molar refractivity (Wildman–Crippen MR) is 95.1 cm³/mol. The Kier molecular flexibility index (Phi) is 6.03. The molecule has 3 heterocycles. The number of hydrogen-bond donors (Lipinski definition) is 0. The molecule has 2 aliphatic rings. The molecule has 8 nitrogen and oxygen atoms in total. The summed E-state index contributed by atoms with van der Waals surface area (Å²) < 4.78 is 10.4. The number of carbonyl (C=O) groups is 2. The zero-order valence-corrected chi connectivity index (χ0v) is 15.4. The van der Waals surface area contributed by atoms with E-state index in [0.29, 0.717) is 57.5 Å². The number of amides is 1. The minimum atomic E-state index is -0.116. The van der Waals surface area contributed by atoms with Gasteiger partial charge in [-0.15, -0.1) is 0 Å². The zero-order valence-electron chi connectivity index (χ0n) is 15.4. The van der Waals surface area contributed by atoms with Crippen molar-refractivity contribution in [2.45, 2.75) is 26.7 Å². The molecule has 8 heteroatoms. The van der Waals surface area contributed by atoms with Gasteiger partial charge in [0.1, 0.15) is 17.3 Å². The van der Waals surface area contributed by atoms with Crippen LogP contribution in [0.1, 0.15) is 36.1 Å². The van der Waals surface area contributed by atoms with Crippen molar-refractivity contribution in [1.82, 2.24) is 14.9 Å². The number of aromatic nitrogens is 2. The number of ether oxygens (including phenoxy) is 2. The van der Waals surface area contributed by atoms with Crippen LogP contribution in [-0.4, -0.2) is 72.7 Å². The second kappa shape index (κ2) is 8.44. The standard InChI is InChI=1S/C18H26N4O4/c1-3-26-18(24)14-4-6-21(7-5-14)16-12-15(19-13(2)20-16)17(23)22-8-10-25-11-9-22/h12,14H,3-11H2,1-2H3. The Morgan fingerprint density at radius 3 is 2.54 bits per heavy atom. The number of rotatable bonds is 4. The van der Waals surface area contributed by atoms with Gasteiger partial charge in [0.25, 0.3) is 5.91 Å². The van der Waals surface area contributed by atoms with Crippen LogP contribution in [0.4, 0.5) is 5.82 Å². The molecule has 2 fully saturated rings. The van der Waals surface area contributed by atoms with Crippen molar-refractivity contribution in [2.24, 2.45) is 5.92 Å². The molecule has 1 amide bonds. The van der Waals surface area contributed by atoms with Gasteiger partial charge in [-0.25, -0.2) is 9.97 Å². The highest BCUT2D eigenvalue weighted by Gasteiger charge is 2.28. The van der Waals surface area contributed by atoms with Crippen molar-refractivity contribution in [1.29, 1.82) is 0 Å². The van der Waals surface area contributed by atoms with E-state index < -0.39 is 0 Å². The van der Waals surface area contributed by atoms with E-state index in [1.807, 2.05) is 6.92 Å². The Bertz CT molecular complexity index is 653. The molecule has 0 bridgehead atoms. The normalized spacial score (nSPS) is 18.7. The van der Waals surface area contributed by atoms with Crippen molar-refractivity contribution >= 4 is 17.7 Å². The third-order valence-corrected chi connectivity index (χ3v) is 4.78. The lowest BCUT2D eigenvalue weighted by molar-refractivity contribution is -0.148. The Labute approximate surface area is 153 Å². The van der Waals surface area contributed by atoms with Crippen LogP contribution in [0, 0.1) is 12.8 Å². The molecule has 3 rings (SSSR count). The SMILES string of the molecule is CCOC(=O)C1CCN(c2cc(C(=O)N3CCOCC3)nc(C)n2)CC1. The smallest absolute Gasteiger partial charge is 0.309 e. The van der Waals surface area contributed by atoms with Gasteiger partial charge in [-0.05, 0) is 26.7 Å². The van der Waals surface area contributed by atoms with Crippen molar-refractivity contribution < 1.29 is 19.1 Å². The highest BCUT2D eigenvalue weighted by Crippen LogP contribution is 2.24.